The predicted octanol–water partition coefficient (Wildman–Crippen LogP) is 3.03. The number of nitrogens with one attached hydrogen (secondary N) is 1. The Bertz CT molecular complexity index is 1090. The van der Waals surface area contributed by atoms with Crippen molar-refractivity contribution in [2.75, 3.05) is 5.32 Å². The summed E-state index contributed by atoms with van der Waals surface area (Å²) in [5, 5.41) is 20.2. The van der Waals surface area contributed by atoms with Crippen molar-refractivity contribution in [3.05, 3.63) is 53.6 Å². The third-order valence-corrected chi connectivity index (χ3v) is 4.15. The van der Waals surface area contributed by atoms with Crippen LogP contribution in [-0.4, -0.2) is 25.4 Å². The molecule has 0 saturated carbocycles. The highest BCUT2D eigenvalue weighted by molar-refractivity contribution is 5.79. The average molecular weight is 317 g/mol. The number of fused-ring (bicyclic) bond motifs is 4. The quantitative estimate of drug-likeness (QED) is 0.516. The zero-order chi connectivity index (χ0) is 16.1. The molecule has 4 aromatic rings. The third-order valence-electron chi connectivity index (χ3n) is 4.15. The van der Waals surface area contributed by atoms with Crippen LogP contribution in [0.2, 0.25) is 0 Å². The van der Waals surface area contributed by atoms with Gasteiger partial charge in [0.05, 0.1) is 0 Å². The van der Waals surface area contributed by atoms with Crippen molar-refractivity contribution in [2.24, 2.45) is 0 Å². The summed E-state index contributed by atoms with van der Waals surface area (Å²) in [5.74, 6) is -0.0318. The second kappa shape index (κ2) is 4.76. The number of nitrogens with zero attached hydrogens (tertiary/aromatic N) is 4. The lowest BCUT2D eigenvalue weighted by Gasteiger charge is -2.08. The molecule has 0 radical (unpaired) electrons. The van der Waals surface area contributed by atoms with Crippen LogP contribution in [0.1, 0.15) is 11.1 Å². The van der Waals surface area contributed by atoms with Gasteiger partial charge >= 0.3 is 0 Å². The van der Waals surface area contributed by atoms with Gasteiger partial charge in [-0.2, -0.15) is 9.97 Å². The van der Waals surface area contributed by atoms with Crippen LogP contribution in [0, 0.1) is 0 Å². The van der Waals surface area contributed by atoms with E-state index < -0.39 is 0 Å². The summed E-state index contributed by atoms with van der Waals surface area (Å²) in [6.07, 6.45) is 0.894. The lowest BCUT2D eigenvalue weighted by atomic mass is 10.1. The molecule has 2 aromatic carbocycles. The summed E-state index contributed by atoms with van der Waals surface area (Å²) in [7, 11) is 0. The molecule has 0 aliphatic heterocycles. The molecular weight excluding hydrogens is 306 g/mol. The summed E-state index contributed by atoms with van der Waals surface area (Å²) in [6, 6.07) is 14.5. The Labute approximate surface area is 136 Å². The molecule has 2 N–H and O–H groups in total. The summed E-state index contributed by atoms with van der Waals surface area (Å²) in [5.41, 5.74) is 6.30. The molecule has 0 amide bonds. The van der Waals surface area contributed by atoms with Crippen LogP contribution in [0.25, 0.3) is 22.4 Å². The van der Waals surface area contributed by atoms with Gasteiger partial charge in [-0.25, -0.2) is 4.63 Å². The average Bonchev–Trinajstić information content (AvgIpc) is 3.18. The third kappa shape index (κ3) is 1.91. The number of hydrogen-bond acceptors (Lipinski definition) is 7. The van der Waals surface area contributed by atoms with Crippen molar-refractivity contribution in [1.82, 2.24) is 20.3 Å². The van der Waals surface area contributed by atoms with Crippen molar-refractivity contribution >= 4 is 22.8 Å². The van der Waals surface area contributed by atoms with E-state index >= 15 is 0 Å². The van der Waals surface area contributed by atoms with Gasteiger partial charge in [0.2, 0.25) is 11.3 Å². The number of aromatic hydroxyl groups is 1. The standard InChI is InChI=1S/C17H11N5O2/c23-17-16(19-14-15(20-17)22-24-21-14)18-11-5-6-13-10(8-11)7-9-3-1-2-4-12(9)13/h1-6,8H,7H2,(H,18,19,21)(H,20,22,23). The minimum Gasteiger partial charge on any atom is -0.491 e. The van der Waals surface area contributed by atoms with E-state index in [1.165, 1.54) is 22.3 Å². The molecule has 0 fully saturated rings. The molecule has 1 aliphatic carbocycles. The van der Waals surface area contributed by atoms with Gasteiger partial charge in [-0.15, -0.1) is 0 Å². The van der Waals surface area contributed by atoms with Crippen LogP contribution in [0.15, 0.2) is 47.1 Å². The number of anilines is 2. The van der Waals surface area contributed by atoms with E-state index in [9.17, 15) is 5.11 Å². The molecule has 1 aliphatic rings. The first-order valence-corrected chi connectivity index (χ1v) is 7.45. The number of aromatic nitrogens is 4. The van der Waals surface area contributed by atoms with Gasteiger partial charge in [-0.3, -0.25) is 0 Å². The van der Waals surface area contributed by atoms with Crippen LogP contribution in [0.5, 0.6) is 5.88 Å². The Hall–Kier alpha value is -3.48. The zero-order valence-electron chi connectivity index (χ0n) is 12.4. The molecule has 2 aromatic heterocycles. The topological polar surface area (TPSA) is 97.0 Å². The SMILES string of the molecule is Oc1nc2nonc2nc1Nc1ccc2c(c1)Cc1ccccc1-2. The first-order valence-electron chi connectivity index (χ1n) is 7.45. The van der Waals surface area contributed by atoms with Gasteiger partial charge in [0.15, 0.2) is 5.82 Å². The second-order valence-electron chi connectivity index (χ2n) is 5.64. The molecular formula is C17H11N5O2. The van der Waals surface area contributed by atoms with Crippen molar-refractivity contribution in [1.29, 1.82) is 0 Å². The Morgan fingerprint density at radius 1 is 0.917 bits per heavy atom. The molecule has 24 heavy (non-hydrogen) atoms. The van der Waals surface area contributed by atoms with Crippen LogP contribution >= 0.6 is 0 Å². The summed E-state index contributed by atoms with van der Waals surface area (Å²) >= 11 is 0. The van der Waals surface area contributed by atoms with Gasteiger partial charge in [-0.1, -0.05) is 30.3 Å². The van der Waals surface area contributed by atoms with Gasteiger partial charge < -0.3 is 10.4 Å². The fourth-order valence-electron chi connectivity index (χ4n) is 3.07. The van der Waals surface area contributed by atoms with Crippen LogP contribution < -0.4 is 5.32 Å². The monoisotopic (exact) mass is 317 g/mol. The van der Waals surface area contributed by atoms with Crippen molar-refractivity contribution in [2.45, 2.75) is 6.42 Å². The highest BCUT2D eigenvalue weighted by Gasteiger charge is 2.18. The Balaban J connectivity index is 1.52. The Morgan fingerprint density at radius 2 is 1.71 bits per heavy atom. The fraction of sp³-hybridized carbons (Fsp3) is 0.0588. The van der Waals surface area contributed by atoms with Crippen LogP contribution in [0.4, 0.5) is 11.5 Å². The molecule has 0 bridgehead atoms. The van der Waals surface area contributed by atoms with Crippen molar-refractivity contribution in [3.63, 3.8) is 0 Å². The van der Waals surface area contributed by atoms with E-state index in [2.05, 4.69) is 66.6 Å². The molecule has 5 rings (SSSR count). The lowest BCUT2D eigenvalue weighted by Crippen LogP contribution is -1.97. The van der Waals surface area contributed by atoms with Crippen molar-refractivity contribution < 1.29 is 9.74 Å². The minimum atomic E-state index is -0.248. The number of rotatable bonds is 2. The molecule has 7 nitrogen and oxygen atoms in total. The van der Waals surface area contributed by atoms with Crippen LogP contribution in [0.3, 0.4) is 0 Å². The van der Waals surface area contributed by atoms with E-state index in [0.29, 0.717) is 0 Å². The van der Waals surface area contributed by atoms with Gasteiger partial charge in [0.25, 0.3) is 5.88 Å². The smallest absolute Gasteiger partial charge is 0.257 e. The zero-order valence-corrected chi connectivity index (χ0v) is 12.4. The minimum absolute atomic E-state index is 0.169. The summed E-state index contributed by atoms with van der Waals surface area (Å²) in [6.45, 7) is 0. The highest BCUT2D eigenvalue weighted by Crippen LogP contribution is 2.38. The number of benzene rings is 2. The molecule has 0 saturated heterocycles. The molecule has 0 unspecified atom stereocenters. The molecule has 2 heterocycles. The van der Waals surface area contributed by atoms with Gasteiger partial charge in [0, 0.05) is 5.69 Å². The highest BCUT2D eigenvalue weighted by atomic mass is 16.6. The Kier molecular flexibility index (Phi) is 2.58. The summed E-state index contributed by atoms with van der Waals surface area (Å²) < 4.78 is 4.56. The van der Waals surface area contributed by atoms with E-state index in [0.717, 1.165) is 12.1 Å². The summed E-state index contributed by atoms with van der Waals surface area (Å²) in [4.78, 5) is 8.07. The maximum atomic E-state index is 9.98. The fourth-order valence-corrected chi connectivity index (χ4v) is 3.07. The van der Waals surface area contributed by atoms with Crippen molar-refractivity contribution in [3.8, 4) is 17.0 Å². The maximum Gasteiger partial charge on any atom is 0.257 e. The maximum absolute atomic E-state index is 9.98. The molecule has 0 atom stereocenters. The normalized spacial score (nSPS) is 12.2. The van der Waals surface area contributed by atoms with E-state index in [1.807, 2.05) is 6.07 Å². The largest absolute Gasteiger partial charge is 0.491 e. The van der Waals surface area contributed by atoms with E-state index in [4.69, 9.17) is 0 Å². The van der Waals surface area contributed by atoms with E-state index in [-0.39, 0.29) is 23.0 Å². The molecule has 0 spiro atoms. The predicted molar refractivity (Wildman–Crippen MR) is 87.0 cm³/mol. The molecule has 116 valence electrons. The molecule has 7 heteroatoms. The number of hydrogen-bond donors (Lipinski definition) is 2. The van der Waals surface area contributed by atoms with E-state index in [1.54, 1.807) is 0 Å². The lowest BCUT2D eigenvalue weighted by molar-refractivity contribution is 0.314. The first-order chi connectivity index (χ1) is 11.8. The first kappa shape index (κ1) is 13.0. The van der Waals surface area contributed by atoms with Gasteiger partial charge in [0.1, 0.15) is 0 Å². The second-order valence-corrected chi connectivity index (χ2v) is 5.64. The Morgan fingerprint density at radius 3 is 2.62 bits per heavy atom. The van der Waals surface area contributed by atoms with Gasteiger partial charge in [-0.05, 0) is 51.1 Å². The van der Waals surface area contributed by atoms with Crippen LogP contribution in [-0.2, 0) is 6.42 Å².